The monoisotopic (exact) mass is 268 g/mol. The van der Waals surface area contributed by atoms with E-state index in [1.807, 2.05) is 0 Å². The Morgan fingerprint density at radius 1 is 1.21 bits per heavy atom. The molecule has 0 fully saturated rings. The second kappa shape index (κ2) is 7.60. The SMILES string of the molecule is Nc1cc(CCC(=O)N(CCO)CCO)ccc1O. The summed E-state index contributed by atoms with van der Waals surface area (Å²) in [6.07, 6.45) is 0.765. The predicted octanol–water partition coefficient (Wildman–Crippen LogP) is -0.280. The van der Waals surface area contributed by atoms with Gasteiger partial charge in [-0.1, -0.05) is 6.07 Å². The first-order valence-corrected chi connectivity index (χ1v) is 6.15. The third kappa shape index (κ3) is 4.76. The molecule has 5 N–H and O–H groups in total. The van der Waals surface area contributed by atoms with Gasteiger partial charge in [-0.25, -0.2) is 0 Å². The van der Waals surface area contributed by atoms with Crippen molar-refractivity contribution in [3.05, 3.63) is 23.8 Å². The molecule has 0 spiro atoms. The summed E-state index contributed by atoms with van der Waals surface area (Å²) >= 11 is 0. The van der Waals surface area contributed by atoms with E-state index in [2.05, 4.69) is 0 Å². The number of nitrogen functional groups attached to an aromatic ring is 1. The van der Waals surface area contributed by atoms with E-state index in [4.69, 9.17) is 15.9 Å². The molecule has 0 unspecified atom stereocenters. The van der Waals surface area contributed by atoms with Crippen molar-refractivity contribution >= 4 is 11.6 Å². The second-order valence-electron chi connectivity index (χ2n) is 4.22. The van der Waals surface area contributed by atoms with E-state index in [0.29, 0.717) is 6.42 Å². The van der Waals surface area contributed by atoms with Crippen LogP contribution < -0.4 is 5.73 Å². The number of aromatic hydroxyl groups is 1. The number of amides is 1. The Labute approximate surface area is 112 Å². The van der Waals surface area contributed by atoms with E-state index in [9.17, 15) is 9.90 Å². The van der Waals surface area contributed by atoms with Gasteiger partial charge < -0.3 is 26.0 Å². The third-order valence-electron chi connectivity index (χ3n) is 2.81. The highest BCUT2D eigenvalue weighted by Crippen LogP contribution is 2.21. The van der Waals surface area contributed by atoms with Crippen LogP contribution in [0.25, 0.3) is 0 Å². The maximum Gasteiger partial charge on any atom is 0.223 e. The summed E-state index contributed by atoms with van der Waals surface area (Å²) in [5.74, 6) is -0.105. The highest BCUT2D eigenvalue weighted by atomic mass is 16.3. The van der Waals surface area contributed by atoms with E-state index in [1.54, 1.807) is 12.1 Å². The molecule has 0 aliphatic rings. The molecule has 0 atom stereocenters. The lowest BCUT2D eigenvalue weighted by molar-refractivity contribution is -0.132. The fourth-order valence-corrected chi connectivity index (χ4v) is 1.77. The number of phenols is 1. The molecule has 0 aliphatic carbocycles. The van der Waals surface area contributed by atoms with Gasteiger partial charge >= 0.3 is 0 Å². The highest BCUT2D eigenvalue weighted by Gasteiger charge is 2.12. The van der Waals surface area contributed by atoms with Crippen LogP contribution in [0.3, 0.4) is 0 Å². The number of benzene rings is 1. The fraction of sp³-hybridized carbons (Fsp3) is 0.462. The third-order valence-corrected chi connectivity index (χ3v) is 2.81. The van der Waals surface area contributed by atoms with Crippen LogP contribution in [0.2, 0.25) is 0 Å². The zero-order chi connectivity index (χ0) is 14.3. The molecule has 0 bridgehead atoms. The number of rotatable bonds is 7. The summed E-state index contributed by atoms with van der Waals surface area (Å²) in [4.78, 5) is 13.3. The van der Waals surface area contributed by atoms with E-state index < -0.39 is 0 Å². The molecule has 6 heteroatoms. The lowest BCUT2D eigenvalue weighted by atomic mass is 10.1. The lowest BCUT2D eigenvalue weighted by Crippen LogP contribution is -2.35. The van der Waals surface area contributed by atoms with Gasteiger partial charge in [0.1, 0.15) is 5.75 Å². The Balaban J connectivity index is 2.54. The number of phenolic OH excluding ortho intramolecular Hbond substituents is 1. The largest absolute Gasteiger partial charge is 0.506 e. The highest BCUT2D eigenvalue weighted by molar-refractivity contribution is 5.76. The molecule has 0 heterocycles. The van der Waals surface area contributed by atoms with Gasteiger partial charge in [0.05, 0.1) is 18.9 Å². The molecular formula is C13H20N2O4. The van der Waals surface area contributed by atoms with Crippen molar-refractivity contribution in [1.29, 1.82) is 0 Å². The van der Waals surface area contributed by atoms with Crippen molar-refractivity contribution in [2.75, 3.05) is 32.0 Å². The van der Waals surface area contributed by atoms with Gasteiger partial charge in [0.25, 0.3) is 0 Å². The van der Waals surface area contributed by atoms with Crippen LogP contribution in [0, 0.1) is 0 Å². The average Bonchev–Trinajstić information content (AvgIpc) is 2.39. The van der Waals surface area contributed by atoms with Gasteiger partial charge in [-0.3, -0.25) is 4.79 Å². The maximum absolute atomic E-state index is 11.9. The van der Waals surface area contributed by atoms with E-state index >= 15 is 0 Å². The molecular weight excluding hydrogens is 248 g/mol. The minimum Gasteiger partial charge on any atom is -0.506 e. The van der Waals surface area contributed by atoms with Crippen molar-refractivity contribution in [3.8, 4) is 5.75 Å². The molecule has 1 amide bonds. The molecule has 0 saturated heterocycles. The number of aliphatic hydroxyl groups is 2. The lowest BCUT2D eigenvalue weighted by Gasteiger charge is -2.20. The number of hydrogen-bond donors (Lipinski definition) is 4. The van der Waals surface area contributed by atoms with Crippen LogP contribution in [0.15, 0.2) is 18.2 Å². The molecule has 6 nitrogen and oxygen atoms in total. The standard InChI is InChI=1S/C13H20N2O4/c14-11-9-10(1-3-12(11)18)2-4-13(19)15(5-7-16)6-8-17/h1,3,9,16-18H,2,4-8,14H2. The van der Waals surface area contributed by atoms with Crippen molar-refractivity contribution < 1.29 is 20.1 Å². The number of nitrogens with zero attached hydrogens (tertiary/aromatic N) is 1. The van der Waals surface area contributed by atoms with E-state index in [0.717, 1.165) is 5.56 Å². The van der Waals surface area contributed by atoms with Crippen LogP contribution in [-0.4, -0.2) is 52.4 Å². The van der Waals surface area contributed by atoms with Gasteiger partial charge in [0.2, 0.25) is 5.91 Å². The number of carbonyl (C=O) groups excluding carboxylic acids is 1. The summed E-state index contributed by atoms with van der Waals surface area (Å²) < 4.78 is 0. The Morgan fingerprint density at radius 3 is 2.37 bits per heavy atom. The topological polar surface area (TPSA) is 107 Å². The zero-order valence-electron chi connectivity index (χ0n) is 10.7. The molecule has 0 radical (unpaired) electrons. The van der Waals surface area contributed by atoms with Gasteiger partial charge in [-0.2, -0.15) is 0 Å². The number of anilines is 1. The molecule has 0 saturated carbocycles. The smallest absolute Gasteiger partial charge is 0.223 e. The normalized spacial score (nSPS) is 10.4. The number of aryl methyl sites for hydroxylation is 1. The Hall–Kier alpha value is -1.79. The number of aliphatic hydroxyl groups excluding tert-OH is 2. The van der Waals surface area contributed by atoms with Crippen molar-refractivity contribution in [2.24, 2.45) is 0 Å². The number of nitrogens with two attached hydrogens (primary N) is 1. The zero-order valence-corrected chi connectivity index (χ0v) is 10.7. The first kappa shape index (κ1) is 15.3. The molecule has 1 aromatic carbocycles. The predicted molar refractivity (Wildman–Crippen MR) is 71.6 cm³/mol. The Bertz CT molecular complexity index is 417. The second-order valence-corrected chi connectivity index (χ2v) is 4.22. The Kier molecular flexibility index (Phi) is 6.11. The average molecular weight is 268 g/mol. The first-order valence-electron chi connectivity index (χ1n) is 6.15. The minimum absolute atomic E-state index is 0.0252. The molecule has 19 heavy (non-hydrogen) atoms. The van der Waals surface area contributed by atoms with Crippen LogP contribution in [-0.2, 0) is 11.2 Å². The summed E-state index contributed by atoms with van der Waals surface area (Å²) in [7, 11) is 0. The Morgan fingerprint density at radius 2 is 1.84 bits per heavy atom. The summed E-state index contributed by atoms with van der Waals surface area (Å²) in [5, 5.41) is 27.0. The van der Waals surface area contributed by atoms with Gasteiger partial charge in [0, 0.05) is 19.5 Å². The number of hydrogen-bond acceptors (Lipinski definition) is 5. The molecule has 1 aromatic rings. The molecule has 0 aromatic heterocycles. The fourth-order valence-electron chi connectivity index (χ4n) is 1.77. The van der Waals surface area contributed by atoms with Crippen molar-refractivity contribution in [1.82, 2.24) is 4.90 Å². The molecule has 0 aliphatic heterocycles. The summed E-state index contributed by atoms with van der Waals surface area (Å²) in [6, 6.07) is 4.83. The summed E-state index contributed by atoms with van der Waals surface area (Å²) in [5.41, 5.74) is 6.71. The molecule has 1 rings (SSSR count). The van der Waals surface area contributed by atoms with Crippen LogP contribution in [0.5, 0.6) is 5.75 Å². The van der Waals surface area contributed by atoms with E-state index in [-0.39, 0.29) is 50.1 Å². The minimum atomic E-state index is -0.130. The van der Waals surface area contributed by atoms with Crippen LogP contribution in [0.4, 0.5) is 5.69 Å². The van der Waals surface area contributed by atoms with Gasteiger partial charge in [0.15, 0.2) is 0 Å². The van der Waals surface area contributed by atoms with Crippen molar-refractivity contribution in [3.63, 3.8) is 0 Å². The van der Waals surface area contributed by atoms with Crippen molar-refractivity contribution in [2.45, 2.75) is 12.8 Å². The van der Waals surface area contributed by atoms with E-state index in [1.165, 1.54) is 11.0 Å². The quantitative estimate of drug-likeness (QED) is 0.402. The van der Waals surface area contributed by atoms with Gasteiger partial charge in [-0.15, -0.1) is 0 Å². The van der Waals surface area contributed by atoms with Gasteiger partial charge in [-0.05, 0) is 24.1 Å². The number of carbonyl (C=O) groups is 1. The first-order chi connectivity index (χ1) is 9.08. The summed E-state index contributed by atoms with van der Waals surface area (Å²) in [6.45, 7) is 0.185. The van der Waals surface area contributed by atoms with Crippen LogP contribution >= 0.6 is 0 Å². The molecule has 106 valence electrons. The van der Waals surface area contributed by atoms with Crippen LogP contribution in [0.1, 0.15) is 12.0 Å². The maximum atomic E-state index is 11.9.